The molecular formula is C18H15ClF3N5. The highest BCUT2D eigenvalue weighted by Crippen LogP contribution is 2.28. The number of anilines is 1. The molecule has 0 saturated carbocycles. The molecule has 0 saturated heterocycles. The minimum Gasteiger partial charge on any atom is -0.261 e. The molecule has 0 spiro atoms. The van der Waals surface area contributed by atoms with Gasteiger partial charge < -0.3 is 0 Å². The highest BCUT2D eigenvalue weighted by molar-refractivity contribution is 6.32. The van der Waals surface area contributed by atoms with Crippen molar-refractivity contribution in [1.82, 2.24) is 14.8 Å². The fourth-order valence-corrected chi connectivity index (χ4v) is 2.65. The molecule has 2 heterocycles. The third-order valence-corrected chi connectivity index (χ3v) is 4.15. The van der Waals surface area contributed by atoms with Gasteiger partial charge in [0.2, 0.25) is 0 Å². The molecule has 0 bridgehead atoms. The lowest BCUT2D eigenvalue weighted by molar-refractivity contribution is -0.137. The average molecular weight is 394 g/mol. The molecule has 1 N–H and O–H groups in total. The summed E-state index contributed by atoms with van der Waals surface area (Å²) in [5, 5.41) is 8.80. The molecule has 140 valence electrons. The van der Waals surface area contributed by atoms with Gasteiger partial charge in [-0.25, -0.2) is 9.67 Å². The van der Waals surface area contributed by atoms with Gasteiger partial charge in [-0.1, -0.05) is 41.9 Å². The van der Waals surface area contributed by atoms with Gasteiger partial charge in [-0.2, -0.15) is 23.4 Å². The predicted octanol–water partition coefficient (Wildman–Crippen LogP) is 4.75. The molecule has 0 amide bonds. The lowest BCUT2D eigenvalue weighted by atomic mass is 10.2. The minimum atomic E-state index is -4.42. The molecule has 0 atom stereocenters. The molecule has 3 rings (SSSR count). The second-order valence-electron chi connectivity index (χ2n) is 5.73. The van der Waals surface area contributed by atoms with Crippen molar-refractivity contribution in [3.05, 3.63) is 76.2 Å². The molecule has 5 nitrogen and oxygen atoms in total. The van der Waals surface area contributed by atoms with E-state index in [0.717, 1.165) is 17.8 Å². The van der Waals surface area contributed by atoms with Crippen LogP contribution in [-0.2, 0) is 12.7 Å². The van der Waals surface area contributed by atoms with E-state index in [1.807, 2.05) is 30.3 Å². The number of hydrogen-bond donors (Lipinski definition) is 1. The fourth-order valence-electron chi connectivity index (χ4n) is 2.37. The maximum absolute atomic E-state index is 12.5. The van der Waals surface area contributed by atoms with Crippen LogP contribution in [0.5, 0.6) is 0 Å². The second-order valence-corrected chi connectivity index (χ2v) is 6.09. The predicted molar refractivity (Wildman–Crippen MR) is 98.0 cm³/mol. The maximum atomic E-state index is 12.5. The van der Waals surface area contributed by atoms with E-state index in [9.17, 15) is 13.2 Å². The molecule has 27 heavy (non-hydrogen) atoms. The summed E-state index contributed by atoms with van der Waals surface area (Å²) in [6, 6.07) is 11.9. The van der Waals surface area contributed by atoms with Crippen LogP contribution in [0.1, 0.15) is 22.4 Å². The minimum absolute atomic E-state index is 0.185. The molecule has 3 aromatic rings. The van der Waals surface area contributed by atoms with E-state index >= 15 is 0 Å². The monoisotopic (exact) mass is 393 g/mol. The number of alkyl halides is 3. The van der Waals surface area contributed by atoms with E-state index in [1.165, 1.54) is 12.3 Å². The first-order valence-electron chi connectivity index (χ1n) is 7.94. The number of aromatic nitrogens is 3. The van der Waals surface area contributed by atoms with Crippen molar-refractivity contribution in [2.24, 2.45) is 5.10 Å². The first-order chi connectivity index (χ1) is 12.8. The Morgan fingerprint density at radius 1 is 1.19 bits per heavy atom. The summed E-state index contributed by atoms with van der Waals surface area (Å²) in [6.45, 7) is 2.31. The Kier molecular flexibility index (Phi) is 5.46. The van der Waals surface area contributed by atoms with Crippen molar-refractivity contribution < 1.29 is 13.2 Å². The molecule has 2 aromatic heterocycles. The molecule has 0 aliphatic heterocycles. The number of pyridine rings is 1. The standard InChI is InChI=1S/C18H15ClF3N5/c1-12-15(17(19)27(26-12)11-13-5-3-2-4-6-13)10-24-25-16-8-7-14(9-23-16)18(20,21)22/h2-10H,11H2,1H3,(H,23,25)/b24-10+. The van der Waals surface area contributed by atoms with Gasteiger partial charge in [-0.3, -0.25) is 5.43 Å². The van der Waals surface area contributed by atoms with E-state index in [-0.39, 0.29) is 5.82 Å². The lowest BCUT2D eigenvalue weighted by Crippen LogP contribution is -2.05. The third kappa shape index (κ3) is 4.65. The van der Waals surface area contributed by atoms with E-state index < -0.39 is 11.7 Å². The van der Waals surface area contributed by atoms with Crippen molar-refractivity contribution >= 4 is 23.6 Å². The van der Waals surface area contributed by atoms with Crippen LogP contribution in [0.2, 0.25) is 5.15 Å². The zero-order valence-electron chi connectivity index (χ0n) is 14.2. The fraction of sp³-hybridized carbons (Fsp3) is 0.167. The topological polar surface area (TPSA) is 55.1 Å². The quantitative estimate of drug-likeness (QED) is 0.502. The SMILES string of the molecule is Cc1nn(Cc2ccccc2)c(Cl)c1/C=N/Nc1ccc(C(F)(F)F)cn1. The van der Waals surface area contributed by atoms with Gasteiger partial charge >= 0.3 is 6.18 Å². The Hall–Kier alpha value is -2.87. The Balaban J connectivity index is 1.70. The van der Waals surface area contributed by atoms with Crippen molar-refractivity contribution in [3.8, 4) is 0 Å². The second kappa shape index (κ2) is 7.79. The van der Waals surface area contributed by atoms with Gasteiger partial charge in [-0.15, -0.1) is 0 Å². The number of halogens is 4. The van der Waals surface area contributed by atoms with Crippen molar-refractivity contribution in [2.45, 2.75) is 19.6 Å². The maximum Gasteiger partial charge on any atom is 0.417 e. The number of hydrogen-bond acceptors (Lipinski definition) is 4. The van der Waals surface area contributed by atoms with Crippen LogP contribution in [0, 0.1) is 6.92 Å². The molecule has 0 aliphatic carbocycles. The normalized spacial score (nSPS) is 11.9. The summed E-state index contributed by atoms with van der Waals surface area (Å²) < 4.78 is 39.2. The number of benzene rings is 1. The van der Waals surface area contributed by atoms with Gasteiger partial charge in [0.15, 0.2) is 0 Å². The van der Waals surface area contributed by atoms with Crippen LogP contribution < -0.4 is 5.43 Å². The van der Waals surface area contributed by atoms with Crippen molar-refractivity contribution in [1.29, 1.82) is 0 Å². The molecule has 0 aliphatic rings. The number of nitrogens with zero attached hydrogens (tertiary/aromatic N) is 4. The summed E-state index contributed by atoms with van der Waals surface area (Å²) in [4.78, 5) is 3.68. The van der Waals surface area contributed by atoms with Crippen LogP contribution in [0.25, 0.3) is 0 Å². The summed E-state index contributed by atoms with van der Waals surface area (Å²) in [5.74, 6) is 0.185. The van der Waals surface area contributed by atoms with Gasteiger partial charge in [0.25, 0.3) is 0 Å². The number of nitrogens with one attached hydrogen (secondary N) is 1. The zero-order chi connectivity index (χ0) is 19.4. The number of aryl methyl sites for hydroxylation is 1. The van der Waals surface area contributed by atoms with E-state index in [0.29, 0.717) is 23.0 Å². The van der Waals surface area contributed by atoms with Gasteiger partial charge in [0, 0.05) is 6.20 Å². The van der Waals surface area contributed by atoms with E-state index in [2.05, 4.69) is 20.6 Å². The Morgan fingerprint density at radius 3 is 2.56 bits per heavy atom. The third-order valence-electron chi connectivity index (χ3n) is 3.75. The molecule has 9 heteroatoms. The number of hydrazone groups is 1. The Labute approximate surface area is 158 Å². The summed E-state index contributed by atoms with van der Waals surface area (Å²) in [6.07, 6.45) is -2.22. The number of rotatable bonds is 5. The van der Waals surface area contributed by atoms with Crippen LogP contribution in [0.15, 0.2) is 53.8 Å². The van der Waals surface area contributed by atoms with Gasteiger partial charge in [-0.05, 0) is 24.6 Å². The highest BCUT2D eigenvalue weighted by Gasteiger charge is 2.30. The largest absolute Gasteiger partial charge is 0.417 e. The zero-order valence-corrected chi connectivity index (χ0v) is 15.0. The lowest BCUT2D eigenvalue weighted by Gasteiger charge is -2.06. The molecular weight excluding hydrogens is 379 g/mol. The van der Waals surface area contributed by atoms with Gasteiger partial charge in [0.05, 0.1) is 29.6 Å². The first-order valence-corrected chi connectivity index (χ1v) is 8.31. The smallest absolute Gasteiger partial charge is 0.261 e. The molecule has 1 aromatic carbocycles. The summed E-state index contributed by atoms with van der Waals surface area (Å²) >= 11 is 6.37. The van der Waals surface area contributed by atoms with Gasteiger partial charge in [0.1, 0.15) is 11.0 Å². The summed E-state index contributed by atoms with van der Waals surface area (Å²) in [5.41, 5.74) is 4.11. The van der Waals surface area contributed by atoms with Crippen LogP contribution in [0.3, 0.4) is 0 Å². The van der Waals surface area contributed by atoms with E-state index in [1.54, 1.807) is 11.6 Å². The molecule has 0 unspecified atom stereocenters. The average Bonchev–Trinajstić information content (AvgIpc) is 2.89. The Bertz CT molecular complexity index is 934. The van der Waals surface area contributed by atoms with Crippen LogP contribution >= 0.6 is 11.6 Å². The van der Waals surface area contributed by atoms with Crippen molar-refractivity contribution in [3.63, 3.8) is 0 Å². The van der Waals surface area contributed by atoms with Crippen molar-refractivity contribution in [2.75, 3.05) is 5.43 Å². The highest BCUT2D eigenvalue weighted by atomic mass is 35.5. The van der Waals surface area contributed by atoms with E-state index in [4.69, 9.17) is 11.6 Å². The molecule has 0 radical (unpaired) electrons. The van der Waals surface area contributed by atoms with Crippen LogP contribution in [-0.4, -0.2) is 21.0 Å². The Morgan fingerprint density at radius 2 is 1.93 bits per heavy atom. The van der Waals surface area contributed by atoms with Crippen LogP contribution in [0.4, 0.5) is 19.0 Å². The first kappa shape index (κ1) is 18.9. The summed E-state index contributed by atoms with van der Waals surface area (Å²) in [7, 11) is 0. The molecule has 0 fully saturated rings.